The van der Waals surface area contributed by atoms with Gasteiger partial charge in [0.25, 0.3) is 5.91 Å². The van der Waals surface area contributed by atoms with Crippen LogP contribution >= 0.6 is 0 Å². The molecule has 0 saturated carbocycles. The standard InChI is InChI=1S/C20H21NO2/c1-12-9-10-16(13(2)11-12)15(4)21-20(22)19-14(3)17-7-5-6-8-18(17)23-19/h5-11,15H,1-4H3,(H,21,22)/t15-/m1/s1. The molecule has 1 aromatic heterocycles. The minimum Gasteiger partial charge on any atom is -0.451 e. The fourth-order valence-corrected chi connectivity index (χ4v) is 3.04. The van der Waals surface area contributed by atoms with E-state index >= 15 is 0 Å². The van der Waals surface area contributed by atoms with Crippen molar-refractivity contribution in [1.29, 1.82) is 0 Å². The summed E-state index contributed by atoms with van der Waals surface area (Å²) < 4.78 is 5.73. The Morgan fingerprint density at radius 2 is 1.83 bits per heavy atom. The zero-order chi connectivity index (χ0) is 16.6. The zero-order valence-electron chi connectivity index (χ0n) is 13.9. The quantitative estimate of drug-likeness (QED) is 0.751. The molecule has 0 unspecified atom stereocenters. The third-order valence-corrected chi connectivity index (χ3v) is 4.29. The van der Waals surface area contributed by atoms with E-state index in [4.69, 9.17) is 4.42 Å². The van der Waals surface area contributed by atoms with Crippen molar-refractivity contribution in [3.8, 4) is 0 Å². The summed E-state index contributed by atoms with van der Waals surface area (Å²) in [7, 11) is 0. The number of hydrogen-bond acceptors (Lipinski definition) is 2. The Labute approximate surface area is 136 Å². The molecule has 3 rings (SSSR count). The van der Waals surface area contributed by atoms with E-state index in [9.17, 15) is 4.79 Å². The summed E-state index contributed by atoms with van der Waals surface area (Å²) in [6, 6.07) is 13.9. The minimum atomic E-state index is -0.175. The van der Waals surface area contributed by atoms with Gasteiger partial charge in [-0.05, 0) is 44.9 Å². The number of amides is 1. The van der Waals surface area contributed by atoms with Gasteiger partial charge in [-0.2, -0.15) is 0 Å². The van der Waals surface area contributed by atoms with E-state index in [1.54, 1.807) is 0 Å². The Balaban J connectivity index is 1.86. The van der Waals surface area contributed by atoms with Crippen LogP contribution in [0.5, 0.6) is 0 Å². The molecule has 1 atom stereocenters. The van der Waals surface area contributed by atoms with E-state index in [1.807, 2.05) is 38.1 Å². The van der Waals surface area contributed by atoms with E-state index in [-0.39, 0.29) is 11.9 Å². The highest BCUT2D eigenvalue weighted by Gasteiger charge is 2.20. The minimum absolute atomic E-state index is 0.0734. The summed E-state index contributed by atoms with van der Waals surface area (Å²) in [5.41, 5.74) is 5.15. The average molecular weight is 307 g/mol. The van der Waals surface area contributed by atoms with Crippen LogP contribution in [0.25, 0.3) is 11.0 Å². The van der Waals surface area contributed by atoms with Crippen LogP contribution in [-0.4, -0.2) is 5.91 Å². The maximum absolute atomic E-state index is 12.6. The van der Waals surface area contributed by atoms with Crippen molar-refractivity contribution in [3.05, 3.63) is 70.5 Å². The SMILES string of the molecule is Cc1ccc([C@@H](C)NC(=O)c2oc3ccccc3c2C)c(C)c1. The topological polar surface area (TPSA) is 42.2 Å². The lowest BCUT2D eigenvalue weighted by molar-refractivity contribution is 0.0913. The molecule has 1 N–H and O–H groups in total. The van der Waals surface area contributed by atoms with E-state index in [0.717, 1.165) is 22.1 Å². The lowest BCUT2D eigenvalue weighted by Gasteiger charge is -2.16. The van der Waals surface area contributed by atoms with Crippen molar-refractivity contribution in [3.63, 3.8) is 0 Å². The summed E-state index contributed by atoms with van der Waals surface area (Å²) in [6.07, 6.45) is 0. The molecule has 1 amide bonds. The van der Waals surface area contributed by atoms with Gasteiger partial charge in [0.05, 0.1) is 6.04 Å². The predicted octanol–water partition coefficient (Wildman–Crippen LogP) is 4.85. The van der Waals surface area contributed by atoms with Gasteiger partial charge in [-0.3, -0.25) is 4.79 Å². The number of rotatable bonds is 3. The van der Waals surface area contributed by atoms with Crippen molar-refractivity contribution in [2.75, 3.05) is 0 Å². The van der Waals surface area contributed by atoms with Crippen LogP contribution in [0.2, 0.25) is 0 Å². The van der Waals surface area contributed by atoms with Crippen molar-refractivity contribution in [2.45, 2.75) is 33.7 Å². The van der Waals surface area contributed by atoms with Crippen LogP contribution in [0.3, 0.4) is 0 Å². The molecule has 0 radical (unpaired) electrons. The van der Waals surface area contributed by atoms with Crippen LogP contribution in [0, 0.1) is 20.8 Å². The van der Waals surface area contributed by atoms with Gasteiger partial charge in [0.15, 0.2) is 5.76 Å². The smallest absolute Gasteiger partial charge is 0.287 e. The first-order valence-electron chi connectivity index (χ1n) is 7.83. The average Bonchev–Trinajstić information content (AvgIpc) is 2.85. The van der Waals surface area contributed by atoms with Crippen molar-refractivity contribution in [2.24, 2.45) is 0 Å². The molecule has 0 aliphatic carbocycles. The number of nitrogens with one attached hydrogen (secondary N) is 1. The number of hydrogen-bond donors (Lipinski definition) is 1. The molecule has 118 valence electrons. The summed E-state index contributed by atoms with van der Waals surface area (Å²) in [5, 5.41) is 4.03. The molecule has 3 aromatic rings. The molecule has 0 aliphatic rings. The number of fused-ring (bicyclic) bond motifs is 1. The Kier molecular flexibility index (Phi) is 3.95. The Morgan fingerprint density at radius 1 is 1.09 bits per heavy atom. The molecule has 0 spiro atoms. The van der Waals surface area contributed by atoms with Crippen LogP contribution in [0.4, 0.5) is 0 Å². The molecule has 0 bridgehead atoms. The van der Waals surface area contributed by atoms with Gasteiger partial charge in [-0.15, -0.1) is 0 Å². The van der Waals surface area contributed by atoms with Crippen molar-refractivity contribution >= 4 is 16.9 Å². The van der Waals surface area contributed by atoms with E-state index < -0.39 is 0 Å². The molecule has 3 nitrogen and oxygen atoms in total. The Hall–Kier alpha value is -2.55. The van der Waals surface area contributed by atoms with Gasteiger partial charge in [0.2, 0.25) is 0 Å². The summed E-state index contributed by atoms with van der Waals surface area (Å²) in [6.45, 7) is 8.05. The fraction of sp³-hybridized carbons (Fsp3) is 0.250. The second-order valence-electron chi connectivity index (χ2n) is 6.11. The monoisotopic (exact) mass is 307 g/mol. The normalized spacial score (nSPS) is 12.3. The third-order valence-electron chi connectivity index (χ3n) is 4.29. The van der Waals surface area contributed by atoms with Crippen LogP contribution in [0.15, 0.2) is 46.9 Å². The maximum Gasteiger partial charge on any atom is 0.287 e. The lowest BCUT2D eigenvalue weighted by atomic mass is 10.00. The highest BCUT2D eigenvalue weighted by molar-refractivity contribution is 5.99. The fourth-order valence-electron chi connectivity index (χ4n) is 3.04. The van der Waals surface area contributed by atoms with Gasteiger partial charge < -0.3 is 9.73 Å². The van der Waals surface area contributed by atoms with E-state index in [2.05, 4.69) is 37.4 Å². The first kappa shape index (κ1) is 15.3. The summed E-state index contributed by atoms with van der Waals surface area (Å²) in [4.78, 5) is 12.6. The Morgan fingerprint density at radius 3 is 2.52 bits per heavy atom. The molecule has 3 heteroatoms. The summed E-state index contributed by atoms with van der Waals surface area (Å²) in [5.74, 6) is 0.217. The van der Waals surface area contributed by atoms with Gasteiger partial charge in [-0.1, -0.05) is 42.0 Å². The zero-order valence-corrected chi connectivity index (χ0v) is 13.9. The van der Waals surface area contributed by atoms with Crippen molar-refractivity contribution in [1.82, 2.24) is 5.32 Å². The number of carbonyl (C=O) groups excluding carboxylic acids is 1. The Bertz CT molecular complexity index is 876. The molecule has 0 saturated heterocycles. The summed E-state index contributed by atoms with van der Waals surface area (Å²) >= 11 is 0. The maximum atomic E-state index is 12.6. The van der Waals surface area contributed by atoms with Gasteiger partial charge in [0.1, 0.15) is 5.58 Å². The number of furan rings is 1. The predicted molar refractivity (Wildman–Crippen MR) is 92.7 cm³/mol. The van der Waals surface area contributed by atoms with Crippen LogP contribution in [-0.2, 0) is 0 Å². The highest BCUT2D eigenvalue weighted by Crippen LogP contribution is 2.26. The molecular formula is C20H21NO2. The number of carbonyl (C=O) groups is 1. The molecule has 23 heavy (non-hydrogen) atoms. The molecule has 0 aliphatic heterocycles. The molecule has 1 heterocycles. The largest absolute Gasteiger partial charge is 0.451 e. The van der Waals surface area contributed by atoms with Crippen LogP contribution < -0.4 is 5.32 Å². The first-order chi connectivity index (χ1) is 11.0. The second kappa shape index (κ2) is 5.92. The van der Waals surface area contributed by atoms with E-state index in [0.29, 0.717) is 5.76 Å². The van der Waals surface area contributed by atoms with Crippen LogP contribution in [0.1, 0.15) is 45.8 Å². The van der Waals surface area contributed by atoms with Gasteiger partial charge in [-0.25, -0.2) is 0 Å². The second-order valence-corrected chi connectivity index (χ2v) is 6.11. The number of para-hydroxylation sites is 1. The molecule has 2 aromatic carbocycles. The van der Waals surface area contributed by atoms with Gasteiger partial charge >= 0.3 is 0 Å². The van der Waals surface area contributed by atoms with Gasteiger partial charge in [0, 0.05) is 10.9 Å². The lowest BCUT2D eigenvalue weighted by Crippen LogP contribution is -2.27. The highest BCUT2D eigenvalue weighted by atomic mass is 16.3. The molecule has 0 fully saturated rings. The number of aryl methyl sites for hydroxylation is 3. The number of benzene rings is 2. The third kappa shape index (κ3) is 2.87. The van der Waals surface area contributed by atoms with E-state index in [1.165, 1.54) is 11.1 Å². The first-order valence-corrected chi connectivity index (χ1v) is 7.83. The van der Waals surface area contributed by atoms with Crippen molar-refractivity contribution < 1.29 is 9.21 Å². The molecular weight excluding hydrogens is 286 g/mol.